The molecule has 0 aromatic heterocycles. The Morgan fingerprint density at radius 3 is 2.25 bits per heavy atom. The van der Waals surface area contributed by atoms with Crippen molar-refractivity contribution in [2.45, 2.75) is 52.9 Å². The molecule has 0 spiro atoms. The molecule has 0 amide bonds. The predicted octanol–water partition coefficient (Wildman–Crippen LogP) is 4.05. The van der Waals surface area contributed by atoms with E-state index in [1.165, 1.54) is 13.1 Å². The molecular formula is C17H28F3N3O. The zero-order valence-electron chi connectivity index (χ0n) is 15.2. The smallest absolute Gasteiger partial charge is 0.389 e. The van der Waals surface area contributed by atoms with E-state index in [2.05, 4.69) is 15.6 Å². The molecule has 0 aliphatic heterocycles. The van der Waals surface area contributed by atoms with Gasteiger partial charge in [-0.25, -0.2) is 0 Å². The fraction of sp³-hybridized carbons (Fsp3) is 0.588. The van der Waals surface area contributed by atoms with Gasteiger partial charge in [0.05, 0.1) is 22.7 Å². The normalized spacial score (nSPS) is 12.5. The van der Waals surface area contributed by atoms with Crippen molar-refractivity contribution in [1.82, 2.24) is 5.32 Å². The molecule has 1 rings (SSSR count). The number of alkyl halides is 3. The highest BCUT2D eigenvalue weighted by Crippen LogP contribution is 2.35. The summed E-state index contributed by atoms with van der Waals surface area (Å²) < 4.78 is 39.5. The van der Waals surface area contributed by atoms with E-state index in [0.717, 1.165) is 6.07 Å². The standard InChI is InChI=1S/C15H22F3N3O.C2H6/c1-10(19-4)21-13-6-5-11(7-12(13)15(16,17)18)8-20-9-14(2,3)22;1-2/h5-7,20,22H,8-9H2,1-4H3,(H,19,21);1-2H3. The molecule has 0 saturated heterocycles. The van der Waals surface area contributed by atoms with E-state index in [1.54, 1.807) is 26.8 Å². The molecule has 0 aliphatic carbocycles. The van der Waals surface area contributed by atoms with Crippen LogP contribution in [0.2, 0.25) is 0 Å². The summed E-state index contributed by atoms with van der Waals surface area (Å²) in [5.74, 6) is 0.401. The highest BCUT2D eigenvalue weighted by molar-refractivity contribution is 5.94. The van der Waals surface area contributed by atoms with Crippen molar-refractivity contribution in [1.29, 1.82) is 0 Å². The molecule has 0 atom stereocenters. The average molecular weight is 347 g/mol. The number of aliphatic hydroxyl groups is 1. The van der Waals surface area contributed by atoms with Crippen molar-refractivity contribution in [2.24, 2.45) is 4.99 Å². The Hall–Kier alpha value is -1.60. The summed E-state index contributed by atoms with van der Waals surface area (Å²) in [5.41, 5.74) is -1.18. The molecule has 0 aliphatic rings. The molecule has 0 radical (unpaired) electrons. The van der Waals surface area contributed by atoms with E-state index in [4.69, 9.17) is 0 Å². The number of anilines is 1. The second kappa shape index (κ2) is 9.64. The molecule has 1 aromatic rings. The zero-order valence-corrected chi connectivity index (χ0v) is 15.2. The van der Waals surface area contributed by atoms with E-state index in [-0.39, 0.29) is 18.8 Å². The Kier molecular flexibility index (Phi) is 8.99. The number of hydrogen-bond donors (Lipinski definition) is 3. The first-order chi connectivity index (χ1) is 11.0. The number of aliphatic imine (C=N–C) groups is 1. The predicted molar refractivity (Wildman–Crippen MR) is 93.5 cm³/mol. The fourth-order valence-electron chi connectivity index (χ4n) is 1.81. The molecule has 3 N–H and O–H groups in total. The first kappa shape index (κ1) is 22.4. The average Bonchev–Trinajstić information content (AvgIpc) is 2.48. The molecule has 24 heavy (non-hydrogen) atoms. The van der Waals surface area contributed by atoms with Crippen LogP contribution in [0.3, 0.4) is 0 Å². The van der Waals surface area contributed by atoms with Crippen molar-refractivity contribution in [2.75, 3.05) is 18.9 Å². The molecule has 0 fully saturated rings. The third kappa shape index (κ3) is 8.31. The van der Waals surface area contributed by atoms with Gasteiger partial charge in [0.15, 0.2) is 0 Å². The van der Waals surface area contributed by atoms with Gasteiger partial charge >= 0.3 is 6.18 Å². The van der Waals surface area contributed by atoms with Gasteiger partial charge in [-0.2, -0.15) is 13.2 Å². The highest BCUT2D eigenvalue weighted by atomic mass is 19.4. The maximum Gasteiger partial charge on any atom is 0.418 e. The van der Waals surface area contributed by atoms with Gasteiger partial charge in [-0.05, 0) is 38.5 Å². The Morgan fingerprint density at radius 1 is 1.21 bits per heavy atom. The van der Waals surface area contributed by atoms with Gasteiger partial charge in [0.1, 0.15) is 0 Å². The Morgan fingerprint density at radius 2 is 1.79 bits per heavy atom. The molecule has 7 heteroatoms. The molecule has 0 heterocycles. The van der Waals surface area contributed by atoms with E-state index < -0.39 is 17.3 Å². The molecule has 1 aromatic carbocycles. The number of rotatable bonds is 5. The SMILES string of the molecule is CC.CN=C(C)Nc1ccc(CNCC(C)(C)O)cc1C(F)(F)F. The topological polar surface area (TPSA) is 56.7 Å². The summed E-state index contributed by atoms with van der Waals surface area (Å²) in [6, 6.07) is 4.10. The minimum Gasteiger partial charge on any atom is -0.389 e. The minimum absolute atomic E-state index is 0.0261. The lowest BCUT2D eigenvalue weighted by atomic mass is 10.1. The van der Waals surface area contributed by atoms with Gasteiger partial charge in [0.25, 0.3) is 0 Å². The lowest BCUT2D eigenvalue weighted by Crippen LogP contribution is -2.34. The number of hydrogen-bond acceptors (Lipinski definition) is 3. The summed E-state index contributed by atoms with van der Waals surface area (Å²) in [6.07, 6.45) is -4.46. The van der Waals surface area contributed by atoms with Gasteiger partial charge in [0.2, 0.25) is 0 Å². The van der Waals surface area contributed by atoms with E-state index in [0.29, 0.717) is 11.4 Å². The summed E-state index contributed by atoms with van der Waals surface area (Å²) in [4.78, 5) is 3.80. The lowest BCUT2D eigenvalue weighted by Gasteiger charge is -2.19. The van der Waals surface area contributed by atoms with E-state index in [9.17, 15) is 18.3 Å². The summed E-state index contributed by atoms with van der Waals surface area (Å²) in [5, 5.41) is 15.2. The van der Waals surface area contributed by atoms with Crippen LogP contribution in [0, 0.1) is 0 Å². The van der Waals surface area contributed by atoms with Crippen LogP contribution in [0.4, 0.5) is 18.9 Å². The van der Waals surface area contributed by atoms with E-state index >= 15 is 0 Å². The Labute approximate surface area is 142 Å². The quantitative estimate of drug-likeness (QED) is 0.556. The largest absolute Gasteiger partial charge is 0.418 e. The third-order valence-corrected chi connectivity index (χ3v) is 2.93. The van der Waals surface area contributed by atoms with Gasteiger partial charge < -0.3 is 15.7 Å². The molecule has 0 bridgehead atoms. The second-order valence-corrected chi connectivity index (χ2v) is 5.73. The van der Waals surface area contributed by atoms with Crippen LogP contribution in [-0.2, 0) is 12.7 Å². The van der Waals surface area contributed by atoms with Gasteiger partial charge in [-0.1, -0.05) is 19.9 Å². The Balaban J connectivity index is 0.00000254. The number of halogens is 3. The summed E-state index contributed by atoms with van der Waals surface area (Å²) in [7, 11) is 1.50. The number of nitrogens with zero attached hydrogens (tertiary/aromatic N) is 1. The molecule has 0 unspecified atom stereocenters. The van der Waals surface area contributed by atoms with Gasteiger partial charge in [-0.15, -0.1) is 0 Å². The van der Waals surface area contributed by atoms with Crippen LogP contribution in [0.25, 0.3) is 0 Å². The van der Waals surface area contributed by atoms with Crippen LogP contribution in [0.5, 0.6) is 0 Å². The molecule has 0 saturated carbocycles. The fourth-order valence-corrected chi connectivity index (χ4v) is 1.81. The van der Waals surface area contributed by atoms with Crippen LogP contribution in [-0.4, -0.2) is 30.1 Å². The monoisotopic (exact) mass is 347 g/mol. The first-order valence-electron chi connectivity index (χ1n) is 7.86. The second-order valence-electron chi connectivity index (χ2n) is 5.73. The van der Waals surface area contributed by atoms with E-state index in [1.807, 2.05) is 13.8 Å². The molecule has 4 nitrogen and oxygen atoms in total. The molecule has 138 valence electrons. The van der Waals surface area contributed by atoms with Gasteiger partial charge in [0, 0.05) is 20.1 Å². The van der Waals surface area contributed by atoms with Crippen molar-refractivity contribution in [3.8, 4) is 0 Å². The highest BCUT2D eigenvalue weighted by Gasteiger charge is 2.33. The third-order valence-electron chi connectivity index (χ3n) is 2.93. The van der Waals surface area contributed by atoms with Crippen molar-refractivity contribution in [3.63, 3.8) is 0 Å². The molecular weight excluding hydrogens is 319 g/mol. The Bertz CT molecular complexity index is 535. The number of benzene rings is 1. The summed E-state index contributed by atoms with van der Waals surface area (Å²) in [6.45, 7) is 9.38. The zero-order chi connectivity index (χ0) is 19.0. The van der Waals surface area contributed by atoms with Crippen molar-refractivity contribution in [3.05, 3.63) is 29.3 Å². The van der Waals surface area contributed by atoms with Crippen molar-refractivity contribution >= 4 is 11.5 Å². The van der Waals surface area contributed by atoms with Crippen molar-refractivity contribution < 1.29 is 18.3 Å². The minimum atomic E-state index is -4.46. The van der Waals surface area contributed by atoms with Crippen LogP contribution in [0.1, 0.15) is 45.7 Å². The summed E-state index contributed by atoms with van der Waals surface area (Å²) >= 11 is 0. The van der Waals surface area contributed by atoms with Crippen LogP contribution >= 0.6 is 0 Å². The number of amidine groups is 1. The maximum absolute atomic E-state index is 13.2. The number of nitrogens with one attached hydrogen (secondary N) is 2. The first-order valence-corrected chi connectivity index (χ1v) is 7.86. The lowest BCUT2D eigenvalue weighted by molar-refractivity contribution is -0.137. The maximum atomic E-state index is 13.2. The van der Waals surface area contributed by atoms with Crippen LogP contribution in [0.15, 0.2) is 23.2 Å². The van der Waals surface area contributed by atoms with Gasteiger partial charge in [-0.3, -0.25) is 4.99 Å². The van der Waals surface area contributed by atoms with Crippen LogP contribution < -0.4 is 10.6 Å².